The van der Waals surface area contributed by atoms with E-state index >= 15 is 0 Å². The fraction of sp³-hybridized carbons (Fsp3) is 0.636. The van der Waals surface area contributed by atoms with Gasteiger partial charge in [-0.1, -0.05) is 13.8 Å². The largest absolute Gasteiger partial charge is 0.469 e. The van der Waals surface area contributed by atoms with Gasteiger partial charge in [0.25, 0.3) is 0 Å². The quantitative estimate of drug-likeness (QED) is 0.774. The maximum atomic E-state index is 10.1. The zero-order valence-electron chi connectivity index (χ0n) is 9.03. The van der Waals surface area contributed by atoms with Gasteiger partial charge >= 0.3 is 0 Å². The maximum Gasteiger partial charge on any atom is 0.106 e. The predicted molar refractivity (Wildman–Crippen MR) is 55.8 cm³/mol. The summed E-state index contributed by atoms with van der Waals surface area (Å²) in [6.07, 6.45) is 1.08. The van der Waals surface area contributed by atoms with E-state index in [0.29, 0.717) is 12.5 Å². The molecule has 0 aliphatic carbocycles. The second-order valence-corrected chi connectivity index (χ2v) is 4.02. The Balaban J connectivity index is 2.83. The second kappa shape index (κ2) is 4.62. The standard InChI is InChI=1S/C11H19NO2/c1-7(2)10(6-12)11(13)9-4-5-14-8(9)3/h4-5,7,10-11,13H,6,12H2,1-3H3. The molecule has 0 radical (unpaired) electrons. The van der Waals surface area contributed by atoms with E-state index in [2.05, 4.69) is 13.8 Å². The first-order valence-corrected chi connectivity index (χ1v) is 5.00. The number of rotatable bonds is 4. The second-order valence-electron chi connectivity index (χ2n) is 4.02. The lowest BCUT2D eigenvalue weighted by Gasteiger charge is -2.24. The highest BCUT2D eigenvalue weighted by molar-refractivity contribution is 5.19. The molecule has 2 atom stereocenters. The van der Waals surface area contributed by atoms with Crippen molar-refractivity contribution in [2.75, 3.05) is 6.54 Å². The summed E-state index contributed by atoms with van der Waals surface area (Å²) in [5.74, 6) is 1.23. The fourth-order valence-corrected chi connectivity index (χ4v) is 1.70. The summed E-state index contributed by atoms with van der Waals surface area (Å²) >= 11 is 0. The summed E-state index contributed by atoms with van der Waals surface area (Å²) in [6.45, 7) is 6.47. The van der Waals surface area contributed by atoms with Crippen LogP contribution < -0.4 is 5.73 Å². The highest BCUT2D eigenvalue weighted by atomic mass is 16.3. The van der Waals surface area contributed by atoms with Crippen LogP contribution in [0.15, 0.2) is 16.7 Å². The average molecular weight is 197 g/mol. The molecule has 1 heterocycles. The Bertz CT molecular complexity index is 281. The van der Waals surface area contributed by atoms with E-state index in [0.717, 1.165) is 11.3 Å². The van der Waals surface area contributed by atoms with Crippen LogP contribution in [0.5, 0.6) is 0 Å². The molecule has 0 amide bonds. The monoisotopic (exact) mass is 197 g/mol. The molecule has 0 saturated carbocycles. The van der Waals surface area contributed by atoms with E-state index in [4.69, 9.17) is 10.2 Å². The molecular weight excluding hydrogens is 178 g/mol. The molecule has 0 saturated heterocycles. The molecule has 0 aliphatic heterocycles. The van der Waals surface area contributed by atoms with Crippen molar-refractivity contribution in [2.24, 2.45) is 17.6 Å². The molecule has 0 aliphatic rings. The van der Waals surface area contributed by atoms with Crippen LogP contribution in [0.3, 0.4) is 0 Å². The van der Waals surface area contributed by atoms with Crippen molar-refractivity contribution in [1.82, 2.24) is 0 Å². The molecule has 0 fully saturated rings. The van der Waals surface area contributed by atoms with Crippen molar-refractivity contribution in [3.8, 4) is 0 Å². The minimum absolute atomic E-state index is 0.0892. The number of hydrogen-bond acceptors (Lipinski definition) is 3. The summed E-state index contributed by atoms with van der Waals surface area (Å²) in [4.78, 5) is 0. The molecule has 0 aromatic carbocycles. The first-order chi connectivity index (χ1) is 6.57. The third-order valence-corrected chi connectivity index (χ3v) is 2.75. The van der Waals surface area contributed by atoms with Crippen LogP contribution in [0.25, 0.3) is 0 Å². The summed E-state index contributed by atoms with van der Waals surface area (Å²) in [5, 5.41) is 10.1. The van der Waals surface area contributed by atoms with Gasteiger partial charge in [0.2, 0.25) is 0 Å². The Morgan fingerprint density at radius 3 is 2.50 bits per heavy atom. The normalized spacial score (nSPS) is 15.9. The Hall–Kier alpha value is -0.800. The van der Waals surface area contributed by atoms with E-state index in [1.807, 2.05) is 13.0 Å². The molecule has 1 aromatic rings. The summed E-state index contributed by atoms with van der Waals surface area (Å²) < 4.78 is 5.16. The van der Waals surface area contributed by atoms with Gasteiger partial charge < -0.3 is 15.3 Å². The van der Waals surface area contributed by atoms with E-state index in [1.54, 1.807) is 6.26 Å². The lowest BCUT2D eigenvalue weighted by atomic mass is 9.87. The average Bonchev–Trinajstić information content (AvgIpc) is 2.51. The van der Waals surface area contributed by atoms with Crippen LogP contribution in [-0.4, -0.2) is 11.7 Å². The number of furan rings is 1. The van der Waals surface area contributed by atoms with Crippen LogP contribution in [-0.2, 0) is 0 Å². The van der Waals surface area contributed by atoms with Gasteiger partial charge in [0.1, 0.15) is 5.76 Å². The molecule has 3 nitrogen and oxygen atoms in total. The van der Waals surface area contributed by atoms with Crippen molar-refractivity contribution in [1.29, 1.82) is 0 Å². The van der Waals surface area contributed by atoms with Gasteiger partial charge in [0.15, 0.2) is 0 Å². The first kappa shape index (κ1) is 11.3. The minimum Gasteiger partial charge on any atom is -0.469 e. The Morgan fingerprint density at radius 2 is 2.14 bits per heavy atom. The third kappa shape index (κ3) is 2.16. The molecule has 0 spiro atoms. The molecule has 2 unspecified atom stereocenters. The molecule has 0 bridgehead atoms. The zero-order chi connectivity index (χ0) is 10.7. The minimum atomic E-state index is -0.515. The van der Waals surface area contributed by atoms with Crippen LogP contribution in [0.1, 0.15) is 31.3 Å². The van der Waals surface area contributed by atoms with Gasteiger partial charge in [-0.3, -0.25) is 0 Å². The van der Waals surface area contributed by atoms with Crippen LogP contribution in [0.4, 0.5) is 0 Å². The third-order valence-electron chi connectivity index (χ3n) is 2.75. The predicted octanol–water partition coefficient (Wildman–Crippen LogP) is 1.85. The lowest BCUT2D eigenvalue weighted by Crippen LogP contribution is -2.26. The van der Waals surface area contributed by atoms with Gasteiger partial charge in [-0.15, -0.1) is 0 Å². The fourth-order valence-electron chi connectivity index (χ4n) is 1.70. The summed E-state index contributed by atoms with van der Waals surface area (Å²) in [7, 11) is 0. The van der Waals surface area contributed by atoms with Crippen molar-refractivity contribution >= 4 is 0 Å². The Morgan fingerprint density at radius 1 is 1.50 bits per heavy atom. The molecular formula is C11H19NO2. The number of aliphatic hydroxyl groups is 1. The van der Waals surface area contributed by atoms with Gasteiger partial charge in [0.05, 0.1) is 12.4 Å². The van der Waals surface area contributed by atoms with E-state index in [1.165, 1.54) is 0 Å². The van der Waals surface area contributed by atoms with Crippen molar-refractivity contribution < 1.29 is 9.52 Å². The number of hydrogen-bond donors (Lipinski definition) is 2. The molecule has 1 aromatic heterocycles. The Labute approximate surface area is 84.9 Å². The van der Waals surface area contributed by atoms with Gasteiger partial charge in [-0.2, -0.15) is 0 Å². The van der Waals surface area contributed by atoms with Crippen molar-refractivity contribution in [2.45, 2.75) is 26.9 Å². The van der Waals surface area contributed by atoms with E-state index < -0.39 is 6.10 Å². The van der Waals surface area contributed by atoms with Crippen LogP contribution >= 0.6 is 0 Å². The zero-order valence-corrected chi connectivity index (χ0v) is 9.03. The SMILES string of the molecule is Cc1occc1C(O)C(CN)C(C)C. The van der Waals surface area contributed by atoms with Crippen molar-refractivity contribution in [3.63, 3.8) is 0 Å². The van der Waals surface area contributed by atoms with E-state index in [-0.39, 0.29) is 5.92 Å². The van der Waals surface area contributed by atoms with Crippen LogP contribution in [0, 0.1) is 18.8 Å². The topological polar surface area (TPSA) is 59.4 Å². The number of aliphatic hydroxyl groups excluding tert-OH is 1. The van der Waals surface area contributed by atoms with Crippen molar-refractivity contribution in [3.05, 3.63) is 23.7 Å². The molecule has 1 rings (SSSR count). The maximum absolute atomic E-state index is 10.1. The Kier molecular flexibility index (Phi) is 3.72. The highest BCUT2D eigenvalue weighted by Crippen LogP contribution is 2.29. The lowest BCUT2D eigenvalue weighted by molar-refractivity contribution is 0.0848. The molecule has 80 valence electrons. The summed E-state index contributed by atoms with van der Waals surface area (Å²) in [6, 6.07) is 1.81. The molecule has 3 N–H and O–H groups in total. The van der Waals surface area contributed by atoms with Gasteiger partial charge in [-0.25, -0.2) is 0 Å². The van der Waals surface area contributed by atoms with E-state index in [9.17, 15) is 5.11 Å². The first-order valence-electron chi connectivity index (χ1n) is 5.00. The van der Waals surface area contributed by atoms with Crippen LogP contribution in [0.2, 0.25) is 0 Å². The summed E-state index contributed by atoms with van der Waals surface area (Å²) in [5.41, 5.74) is 6.50. The molecule has 3 heteroatoms. The smallest absolute Gasteiger partial charge is 0.106 e. The molecule has 14 heavy (non-hydrogen) atoms. The highest BCUT2D eigenvalue weighted by Gasteiger charge is 2.24. The number of nitrogens with two attached hydrogens (primary N) is 1. The number of aryl methyl sites for hydroxylation is 1. The van der Waals surface area contributed by atoms with Gasteiger partial charge in [-0.05, 0) is 25.5 Å². The van der Waals surface area contributed by atoms with Gasteiger partial charge in [0, 0.05) is 11.5 Å².